The van der Waals surface area contributed by atoms with E-state index in [-0.39, 0.29) is 23.9 Å². The van der Waals surface area contributed by atoms with Crippen molar-refractivity contribution in [3.8, 4) is 0 Å². The van der Waals surface area contributed by atoms with Gasteiger partial charge in [-0.05, 0) is 48.9 Å². The van der Waals surface area contributed by atoms with Gasteiger partial charge in [0, 0.05) is 37.6 Å². The molecule has 2 aromatic carbocycles. The number of benzene rings is 2. The standard InChI is InChI=1S/C23H28FN3O3/c1-17(27-12-15-30-22(16-27)18-2-4-19(24)5-3-18)23(28)25-20-6-8-21(9-7-20)26-10-13-29-14-11-26/h2-9,17,22H,10-16H2,1H3,(H,25,28). The summed E-state index contributed by atoms with van der Waals surface area (Å²) in [5.41, 5.74) is 2.85. The van der Waals surface area contributed by atoms with Crippen molar-refractivity contribution in [2.45, 2.75) is 19.1 Å². The minimum absolute atomic E-state index is 0.0473. The number of ether oxygens (including phenoxy) is 2. The molecule has 0 bridgehead atoms. The van der Waals surface area contributed by atoms with Crippen LogP contribution >= 0.6 is 0 Å². The lowest BCUT2D eigenvalue weighted by atomic mass is 10.1. The van der Waals surface area contributed by atoms with Crippen LogP contribution in [-0.4, -0.2) is 62.8 Å². The van der Waals surface area contributed by atoms with Crippen molar-refractivity contribution in [3.63, 3.8) is 0 Å². The largest absolute Gasteiger partial charge is 0.378 e. The summed E-state index contributed by atoms with van der Waals surface area (Å²) in [5.74, 6) is -0.312. The van der Waals surface area contributed by atoms with Crippen LogP contribution in [0.5, 0.6) is 0 Å². The minimum atomic E-state index is -0.296. The maximum absolute atomic E-state index is 13.2. The summed E-state index contributed by atoms with van der Waals surface area (Å²) in [7, 11) is 0. The normalized spacial score (nSPS) is 21.3. The van der Waals surface area contributed by atoms with E-state index in [0.717, 1.165) is 43.2 Å². The Bertz CT molecular complexity index is 838. The second-order valence-electron chi connectivity index (χ2n) is 7.72. The fraction of sp³-hybridized carbons (Fsp3) is 0.435. The lowest BCUT2D eigenvalue weighted by molar-refractivity contribution is -0.124. The molecule has 2 unspecified atom stereocenters. The fourth-order valence-corrected chi connectivity index (χ4v) is 3.89. The summed E-state index contributed by atoms with van der Waals surface area (Å²) in [6, 6.07) is 14.0. The lowest BCUT2D eigenvalue weighted by Crippen LogP contribution is -2.48. The second-order valence-corrected chi connectivity index (χ2v) is 7.72. The number of rotatable bonds is 5. The van der Waals surface area contributed by atoms with Crippen LogP contribution in [0.1, 0.15) is 18.6 Å². The number of nitrogens with zero attached hydrogens (tertiary/aromatic N) is 2. The van der Waals surface area contributed by atoms with E-state index in [9.17, 15) is 9.18 Å². The number of hydrogen-bond acceptors (Lipinski definition) is 5. The first-order valence-corrected chi connectivity index (χ1v) is 10.4. The van der Waals surface area contributed by atoms with Gasteiger partial charge in [0.25, 0.3) is 0 Å². The van der Waals surface area contributed by atoms with Gasteiger partial charge in [0.15, 0.2) is 0 Å². The zero-order chi connectivity index (χ0) is 20.9. The van der Waals surface area contributed by atoms with Gasteiger partial charge in [-0.3, -0.25) is 9.69 Å². The van der Waals surface area contributed by atoms with E-state index >= 15 is 0 Å². The van der Waals surface area contributed by atoms with Crippen molar-refractivity contribution in [1.82, 2.24) is 4.90 Å². The van der Waals surface area contributed by atoms with Gasteiger partial charge >= 0.3 is 0 Å². The Morgan fingerprint density at radius 2 is 1.73 bits per heavy atom. The van der Waals surface area contributed by atoms with Gasteiger partial charge in [-0.15, -0.1) is 0 Å². The number of carbonyl (C=O) groups is 1. The molecule has 6 nitrogen and oxygen atoms in total. The molecular formula is C23H28FN3O3. The van der Waals surface area contributed by atoms with Crippen LogP contribution in [0.3, 0.4) is 0 Å². The Labute approximate surface area is 176 Å². The van der Waals surface area contributed by atoms with E-state index < -0.39 is 0 Å². The second kappa shape index (κ2) is 9.55. The van der Waals surface area contributed by atoms with Crippen LogP contribution in [0, 0.1) is 5.82 Å². The third-order valence-corrected chi connectivity index (χ3v) is 5.78. The molecule has 1 amide bonds. The van der Waals surface area contributed by atoms with Crippen LogP contribution in [0.4, 0.5) is 15.8 Å². The highest BCUT2D eigenvalue weighted by atomic mass is 19.1. The number of amides is 1. The predicted octanol–water partition coefficient (Wildman–Crippen LogP) is 3.06. The topological polar surface area (TPSA) is 54.0 Å². The number of halogens is 1. The number of anilines is 2. The lowest BCUT2D eigenvalue weighted by Gasteiger charge is -2.36. The first-order valence-electron chi connectivity index (χ1n) is 10.4. The summed E-state index contributed by atoms with van der Waals surface area (Å²) >= 11 is 0. The highest BCUT2D eigenvalue weighted by Gasteiger charge is 2.28. The highest BCUT2D eigenvalue weighted by Crippen LogP contribution is 2.24. The maximum Gasteiger partial charge on any atom is 0.241 e. The van der Waals surface area contributed by atoms with E-state index in [1.54, 1.807) is 12.1 Å². The number of carbonyl (C=O) groups excluding carboxylic acids is 1. The predicted molar refractivity (Wildman–Crippen MR) is 114 cm³/mol. The van der Waals surface area contributed by atoms with Gasteiger partial charge in [-0.25, -0.2) is 4.39 Å². The molecular weight excluding hydrogens is 385 g/mol. The summed E-state index contributed by atoms with van der Waals surface area (Å²) in [4.78, 5) is 17.2. The average molecular weight is 413 g/mol. The summed E-state index contributed by atoms with van der Waals surface area (Å²) in [6.07, 6.45) is -0.164. The smallest absolute Gasteiger partial charge is 0.241 e. The molecule has 160 valence electrons. The number of hydrogen-bond donors (Lipinski definition) is 1. The summed E-state index contributed by atoms with van der Waals surface area (Å²) in [6.45, 7) is 6.98. The van der Waals surface area contributed by atoms with E-state index in [0.29, 0.717) is 19.7 Å². The van der Waals surface area contributed by atoms with Gasteiger partial charge in [0.1, 0.15) is 5.82 Å². The molecule has 2 fully saturated rings. The molecule has 2 atom stereocenters. The molecule has 2 heterocycles. The van der Waals surface area contributed by atoms with Crippen molar-refractivity contribution in [1.29, 1.82) is 0 Å². The highest BCUT2D eigenvalue weighted by molar-refractivity contribution is 5.94. The molecule has 0 saturated carbocycles. The number of morpholine rings is 2. The Kier molecular flexibility index (Phi) is 6.62. The number of nitrogens with one attached hydrogen (secondary N) is 1. The van der Waals surface area contributed by atoms with E-state index in [2.05, 4.69) is 15.1 Å². The maximum atomic E-state index is 13.2. The molecule has 7 heteroatoms. The van der Waals surface area contributed by atoms with E-state index in [4.69, 9.17) is 9.47 Å². The van der Waals surface area contributed by atoms with E-state index in [1.165, 1.54) is 12.1 Å². The van der Waals surface area contributed by atoms with Crippen molar-refractivity contribution >= 4 is 17.3 Å². The Hall–Kier alpha value is -2.48. The van der Waals surface area contributed by atoms with Crippen LogP contribution in [-0.2, 0) is 14.3 Å². The van der Waals surface area contributed by atoms with Crippen molar-refractivity contribution in [3.05, 3.63) is 59.9 Å². The van der Waals surface area contributed by atoms with Gasteiger partial charge in [-0.1, -0.05) is 12.1 Å². The van der Waals surface area contributed by atoms with Gasteiger partial charge < -0.3 is 19.7 Å². The molecule has 0 aromatic heterocycles. The van der Waals surface area contributed by atoms with Gasteiger partial charge in [0.05, 0.1) is 32.0 Å². The zero-order valence-electron chi connectivity index (χ0n) is 17.2. The quantitative estimate of drug-likeness (QED) is 0.817. The third kappa shape index (κ3) is 4.98. The molecule has 0 radical (unpaired) electrons. The Morgan fingerprint density at radius 3 is 2.43 bits per heavy atom. The molecule has 30 heavy (non-hydrogen) atoms. The minimum Gasteiger partial charge on any atom is -0.378 e. The fourth-order valence-electron chi connectivity index (χ4n) is 3.89. The van der Waals surface area contributed by atoms with Gasteiger partial charge in [-0.2, -0.15) is 0 Å². The molecule has 2 aliphatic heterocycles. The molecule has 2 saturated heterocycles. The average Bonchev–Trinajstić information content (AvgIpc) is 2.80. The SMILES string of the molecule is CC(C(=O)Nc1ccc(N2CCOCC2)cc1)N1CCOC(c2ccc(F)cc2)C1. The van der Waals surface area contributed by atoms with Gasteiger partial charge in [0.2, 0.25) is 5.91 Å². The monoisotopic (exact) mass is 413 g/mol. The van der Waals surface area contributed by atoms with Crippen LogP contribution in [0.15, 0.2) is 48.5 Å². The molecule has 0 spiro atoms. The Morgan fingerprint density at radius 1 is 1.03 bits per heavy atom. The van der Waals surface area contributed by atoms with Crippen molar-refractivity contribution in [2.75, 3.05) is 56.2 Å². The first kappa shape index (κ1) is 20.8. The van der Waals surface area contributed by atoms with Crippen molar-refractivity contribution < 1.29 is 18.7 Å². The molecule has 2 aliphatic rings. The summed E-state index contributed by atoms with van der Waals surface area (Å²) in [5, 5.41) is 3.02. The third-order valence-electron chi connectivity index (χ3n) is 5.78. The van der Waals surface area contributed by atoms with E-state index in [1.807, 2.05) is 31.2 Å². The summed E-state index contributed by atoms with van der Waals surface area (Å²) < 4.78 is 24.4. The van der Waals surface area contributed by atoms with Crippen molar-refractivity contribution in [2.24, 2.45) is 0 Å². The van der Waals surface area contributed by atoms with Crippen LogP contribution < -0.4 is 10.2 Å². The first-order chi connectivity index (χ1) is 14.6. The zero-order valence-corrected chi connectivity index (χ0v) is 17.2. The van der Waals surface area contributed by atoms with Crippen LogP contribution in [0.2, 0.25) is 0 Å². The van der Waals surface area contributed by atoms with Crippen LogP contribution in [0.25, 0.3) is 0 Å². The Balaban J connectivity index is 1.34. The molecule has 1 N–H and O–H groups in total. The molecule has 0 aliphatic carbocycles. The molecule has 4 rings (SSSR count). The molecule has 2 aromatic rings.